The number of sulfonamides is 1. The molecule has 0 aromatic heterocycles. The first-order valence-electron chi connectivity index (χ1n) is 6.89. The van der Waals surface area contributed by atoms with Gasteiger partial charge in [0.15, 0.2) is 0 Å². The van der Waals surface area contributed by atoms with Crippen LogP contribution < -0.4 is 10.0 Å². The maximum Gasteiger partial charge on any atom is 0.215 e. The largest absolute Gasteiger partial charge is 0.316 e. The average molecular weight is 279 g/mol. The quantitative estimate of drug-likeness (QED) is 0.582. The van der Waals surface area contributed by atoms with Crippen molar-refractivity contribution in [2.45, 2.75) is 39.4 Å². The van der Waals surface area contributed by atoms with Crippen LogP contribution in [0, 0.1) is 0 Å². The van der Waals surface area contributed by atoms with Gasteiger partial charge in [-0.2, -0.15) is 0 Å². The summed E-state index contributed by atoms with van der Waals surface area (Å²) < 4.78 is 26.5. The molecule has 0 aliphatic rings. The Balaban J connectivity index is 4.02. The van der Waals surface area contributed by atoms with E-state index in [1.54, 1.807) is 6.92 Å². The van der Waals surface area contributed by atoms with Crippen LogP contribution in [0.5, 0.6) is 0 Å². The second-order valence-electron chi connectivity index (χ2n) is 4.49. The normalized spacial score (nSPS) is 14.1. The molecule has 0 rings (SSSR count). The fraction of sp³-hybridized carbons (Fsp3) is 1.00. The number of nitrogens with one attached hydrogen (secondary N) is 2. The van der Waals surface area contributed by atoms with Gasteiger partial charge >= 0.3 is 0 Å². The standard InChI is InChI=1S/C12H29N3O2S/c1-5-9-15(7-3)10-8-14-18(16,17)12(4)11-13-6-2/h12-14H,5-11H2,1-4H3. The average Bonchev–Trinajstić information content (AvgIpc) is 2.34. The number of rotatable bonds is 11. The fourth-order valence-electron chi connectivity index (χ4n) is 1.69. The summed E-state index contributed by atoms with van der Waals surface area (Å²) in [5.41, 5.74) is 0. The van der Waals surface area contributed by atoms with E-state index >= 15 is 0 Å². The number of likely N-dealkylation sites (N-methyl/N-ethyl adjacent to an activating group) is 1. The van der Waals surface area contributed by atoms with Gasteiger partial charge in [0, 0.05) is 19.6 Å². The summed E-state index contributed by atoms with van der Waals surface area (Å²) in [7, 11) is -3.19. The molecule has 1 unspecified atom stereocenters. The summed E-state index contributed by atoms with van der Waals surface area (Å²) in [5, 5.41) is 2.67. The fourth-order valence-corrected chi connectivity index (χ4v) is 2.69. The van der Waals surface area contributed by atoms with Gasteiger partial charge in [-0.15, -0.1) is 0 Å². The highest BCUT2D eigenvalue weighted by Gasteiger charge is 2.19. The van der Waals surface area contributed by atoms with Crippen molar-refractivity contribution in [1.29, 1.82) is 0 Å². The summed E-state index contributed by atoms with van der Waals surface area (Å²) in [6, 6.07) is 0. The molecule has 0 saturated carbocycles. The van der Waals surface area contributed by atoms with Crippen LogP contribution in [-0.4, -0.2) is 57.8 Å². The monoisotopic (exact) mass is 279 g/mol. The molecule has 2 N–H and O–H groups in total. The van der Waals surface area contributed by atoms with E-state index in [2.05, 4.69) is 28.8 Å². The molecule has 0 heterocycles. The first-order valence-corrected chi connectivity index (χ1v) is 8.44. The van der Waals surface area contributed by atoms with Crippen LogP contribution in [0.3, 0.4) is 0 Å². The molecule has 0 radical (unpaired) electrons. The van der Waals surface area contributed by atoms with Crippen LogP contribution in [0.25, 0.3) is 0 Å². The van der Waals surface area contributed by atoms with Crippen LogP contribution in [0.4, 0.5) is 0 Å². The van der Waals surface area contributed by atoms with E-state index in [9.17, 15) is 8.42 Å². The van der Waals surface area contributed by atoms with E-state index < -0.39 is 15.3 Å². The molecule has 5 nitrogen and oxygen atoms in total. The predicted octanol–water partition coefficient (Wildman–Crippen LogP) is 0.636. The molecule has 0 fully saturated rings. The Hall–Kier alpha value is -0.170. The molecule has 0 aliphatic heterocycles. The zero-order valence-corrected chi connectivity index (χ0v) is 13.0. The van der Waals surface area contributed by atoms with E-state index in [4.69, 9.17) is 0 Å². The molecule has 0 aliphatic carbocycles. The number of hydrogen-bond acceptors (Lipinski definition) is 4. The van der Waals surface area contributed by atoms with Gasteiger partial charge in [0.1, 0.15) is 0 Å². The highest BCUT2D eigenvalue weighted by atomic mass is 32.2. The third kappa shape index (κ3) is 7.31. The Morgan fingerprint density at radius 2 is 1.83 bits per heavy atom. The van der Waals surface area contributed by atoms with Crippen LogP contribution in [0.2, 0.25) is 0 Å². The van der Waals surface area contributed by atoms with Crippen molar-refractivity contribution in [3.8, 4) is 0 Å². The van der Waals surface area contributed by atoms with E-state index in [-0.39, 0.29) is 0 Å². The van der Waals surface area contributed by atoms with Crippen LogP contribution in [0.15, 0.2) is 0 Å². The van der Waals surface area contributed by atoms with Gasteiger partial charge in [-0.05, 0) is 33.0 Å². The van der Waals surface area contributed by atoms with Gasteiger partial charge in [-0.25, -0.2) is 13.1 Å². The third-order valence-corrected chi connectivity index (χ3v) is 4.76. The Morgan fingerprint density at radius 3 is 2.33 bits per heavy atom. The Kier molecular flexibility index (Phi) is 9.63. The van der Waals surface area contributed by atoms with Crippen molar-refractivity contribution >= 4 is 10.0 Å². The van der Waals surface area contributed by atoms with Crippen molar-refractivity contribution in [2.75, 3.05) is 39.3 Å². The Morgan fingerprint density at radius 1 is 1.17 bits per heavy atom. The van der Waals surface area contributed by atoms with Crippen molar-refractivity contribution < 1.29 is 8.42 Å². The molecular weight excluding hydrogens is 250 g/mol. The first-order chi connectivity index (χ1) is 8.47. The predicted molar refractivity (Wildman–Crippen MR) is 77.3 cm³/mol. The second kappa shape index (κ2) is 9.72. The molecule has 0 spiro atoms. The summed E-state index contributed by atoms with van der Waals surface area (Å²) in [6.45, 7) is 12.5. The van der Waals surface area contributed by atoms with Crippen molar-refractivity contribution in [1.82, 2.24) is 14.9 Å². The van der Waals surface area contributed by atoms with E-state index in [1.807, 2.05) is 6.92 Å². The molecule has 18 heavy (non-hydrogen) atoms. The minimum atomic E-state index is -3.19. The molecular formula is C12H29N3O2S. The van der Waals surface area contributed by atoms with Crippen molar-refractivity contribution in [3.63, 3.8) is 0 Å². The van der Waals surface area contributed by atoms with Gasteiger partial charge in [-0.3, -0.25) is 0 Å². The lowest BCUT2D eigenvalue weighted by atomic mass is 10.4. The van der Waals surface area contributed by atoms with Gasteiger partial charge in [0.05, 0.1) is 5.25 Å². The van der Waals surface area contributed by atoms with Crippen LogP contribution in [-0.2, 0) is 10.0 Å². The number of hydrogen-bond donors (Lipinski definition) is 2. The highest BCUT2D eigenvalue weighted by molar-refractivity contribution is 7.90. The molecule has 6 heteroatoms. The summed E-state index contributed by atoms with van der Waals surface area (Å²) >= 11 is 0. The first kappa shape index (κ1) is 17.8. The van der Waals surface area contributed by atoms with Gasteiger partial charge in [-0.1, -0.05) is 20.8 Å². The lowest BCUT2D eigenvalue weighted by molar-refractivity contribution is 0.293. The van der Waals surface area contributed by atoms with E-state index in [1.165, 1.54) is 0 Å². The number of nitrogens with zero attached hydrogens (tertiary/aromatic N) is 1. The van der Waals surface area contributed by atoms with Gasteiger partial charge in [0.2, 0.25) is 10.0 Å². The highest BCUT2D eigenvalue weighted by Crippen LogP contribution is 1.97. The third-order valence-electron chi connectivity index (χ3n) is 2.93. The van der Waals surface area contributed by atoms with E-state index in [0.29, 0.717) is 13.1 Å². The van der Waals surface area contributed by atoms with Gasteiger partial charge in [0.25, 0.3) is 0 Å². The summed E-state index contributed by atoms with van der Waals surface area (Å²) in [5.74, 6) is 0. The zero-order valence-electron chi connectivity index (χ0n) is 12.2. The molecule has 0 amide bonds. The summed E-state index contributed by atoms with van der Waals surface area (Å²) in [4.78, 5) is 2.25. The minimum absolute atomic E-state index is 0.390. The smallest absolute Gasteiger partial charge is 0.215 e. The lowest BCUT2D eigenvalue weighted by Crippen LogP contribution is -2.42. The molecule has 110 valence electrons. The summed E-state index contributed by atoms with van der Waals surface area (Å²) in [6.07, 6.45) is 1.09. The Bertz CT molecular complexity index is 294. The minimum Gasteiger partial charge on any atom is -0.316 e. The molecule has 0 aromatic rings. The Labute approximate surface area is 112 Å². The maximum absolute atomic E-state index is 11.9. The van der Waals surface area contributed by atoms with Crippen molar-refractivity contribution in [2.24, 2.45) is 0 Å². The van der Waals surface area contributed by atoms with Gasteiger partial charge < -0.3 is 10.2 Å². The molecule has 1 atom stereocenters. The topological polar surface area (TPSA) is 61.4 Å². The van der Waals surface area contributed by atoms with Crippen molar-refractivity contribution in [3.05, 3.63) is 0 Å². The zero-order chi connectivity index (χ0) is 14.0. The lowest BCUT2D eigenvalue weighted by Gasteiger charge is -2.20. The maximum atomic E-state index is 11.9. The molecule has 0 bridgehead atoms. The molecule has 0 aromatic carbocycles. The molecule has 0 saturated heterocycles. The van der Waals surface area contributed by atoms with Crippen LogP contribution >= 0.6 is 0 Å². The SMILES string of the molecule is CCCN(CC)CCNS(=O)(=O)C(C)CNCC. The van der Waals surface area contributed by atoms with Crippen LogP contribution in [0.1, 0.15) is 34.1 Å². The second-order valence-corrected chi connectivity index (χ2v) is 6.68. The van der Waals surface area contributed by atoms with E-state index in [0.717, 1.165) is 32.6 Å².